The number of benzene rings is 2. The third-order valence-electron chi connectivity index (χ3n) is 6.67. The van der Waals surface area contributed by atoms with Crippen molar-refractivity contribution in [1.82, 2.24) is 24.5 Å². The number of fused-ring (bicyclic) bond motifs is 2. The van der Waals surface area contributed by atoms with Gasteiger partial charge in [0.1, 0.15) is 5.75 Å². The molecule has 0 amide bonds. The van der Waals surface area contributed by atoms with Crippen molar-refractivity contribution in [2.24, 2.45) is 0 Å². The van der Waals surface area contributed by atoms with Crippen molar-refractivity contribution >= 4 is 11.6 Å². The summed E-state index contributed by atoms with van der Waals surface area (Å²) in [5, 5.41) is 8.13. The van der Waals surface area contributed by atoms with E-state index in [1.807, 2.05) is 42.6 Å². The Balaban J connectivity index is 1.29. The lowest BCUT2D eigenvalue weighted by Gasteiger charge is -2.16. The SMILES string of the molecule is COc1ccc2c(c1)CN(Cc1cnc(NCc3ccc(OC)c(OC)c3)n3nc(-c4ccco4)nc13)C2. The number of hydrogen-bond donors (Lipinski definition) is 1. The van der Waals surface area contributed by atoms with Gasteiger partial charge in [0.05, 0.1) is 27.6 Å². The number of nitrogens with zero attached hydrogens (tertiary/aromatic N) is 5. The van der Waals surface area contributed by atoms with Gasteiger partial charge in [-0.1, -0.05) is 12.1 Å². The molecule has 0 atom stereocenters. The van der Waals surface area contributed by atoms with Crippen LogP contribution in [0.25, 0.3) is 17.2 Å². The van der Waals surface area contributed by atoms with Crippen LogP contribution in [0.4, 0.5) is 5.95 Å². The maximum atomic E-state index is 5.58. The molecule has 0 radical (unpaired) electrons. The van der Waals surface area contributed by atoms with Gasteiger partial charge in [0, 0.05) is 37.9 Å². The number of ether oxygens (including phenoxy) is 3. The first kappa shape index (κ1) is 23.8. The molecule has 1 aliphatic rings. The average Bonchev–Trinajstić information content (AvgIpc) is 3.71. The van der Waals surface area contributed by atoms with E-state index in [0.29, 0.717) is 42.1 Å². The molecule has 10 heteroatoms. The second-order valence-electron chi connectivity index (χ2n) is 9.08. The van der Waals surface area contributed by atoms with E-state index in [2.05, 4.69) is 22.3 Å². The van der Waals surface area contributed by atoms with Crippen LogP contribution in [0.3, 0.4) is 0 Å². The lowest BCUT2D eigenvalue weighted by Crippen LogP contribution is -2.17. The fraction of sp³-hybridized carbons (Fsp3) is 0.250. The number of furan rings is 1. The first-order valence-corrected chi connectivity index (χ1v) is 12.3. The molecule has 6 rings (SSSR count). The van der Waals surface area contributed by atoms with E-state index in [9.17, 15) is 0 Å². The van der Waals surface area contributed by atoms with Crippen LogP contribution in [0.5, 0.6) is 17.2 Å². The molecule has 1 aliphatic heterocycles. The predicted molar refractivity (Wildman–Crippen MR) is 141 cm³/mol. The smallest absolute Gasteiger partial charge is 0.226 e. The summed E-state index contributed by atoms with van der Waals surface area (Å²) in [7, 11) is 4.94. The molecule has 0 aliphatic carbocycles. The second-order valence-corrected chi connectivity index (χ2v) is 9.08. The van der Waals surface area contributed by atoms with Crippen molar-refractivity contribution in [2.45, 2.75) is 26.2 Å². The Morgan fingerprint density at radius 1 is 0.947 bits per heavy atom. The monoisotopic (exact) mass is 512 g/mol. The Morgan fingerprint density at radius 3 is 2.61 bits per heavy atom. The van der Waals surface area contributed by atoms with Crippen LogP contribution in [0, 0.1) is 0 Å². The van der Waals surface area contributed by atoms with Crippen molar-refractivity contribution in [2.75, 3.05) is 26.6 Å². The summed E-state index contributed by atoms with van der Waals surface area (Å²) in [6.45, 7) is 2.88. The van der Waals surface area contributed by atoms with Crippen molar-refractivity contribution < 1.29 is 18.6 Å². The Hall–Kier alpha value is -4.57. The second kappa shape index (κ2) is 10.1. The Morgan fingerprint density at radius 2 is 1.82 bits per heavy atom. The standard InChI is InChI=1S/C28H28N6O4/c1-35-22-8-7-19-15-33(16-20(19)12-22)17-21-14-30-28(29-13-18-6-9-23(36-2)25(11-18)37-3)34-27(21)31-26(32-34)24-5-4-10-38-24/h4-12,14H,13,15-17H2,1-3H3,(H,29,30). The van der Waals surface area contributed by atoms with E-state index in [4.69, 9.17) is 33.7 Å². The van der Waals surface area contributed by atoms with E-state index in [1.54, 1.807) is 32.1 Å². The maximum Gasteiger partial charge on any atom is 0.226 e. The van der Waals surface area contributed by atoms with E-state index < -0.39 is 0 Å². The molecule has 0 spiro atoms. The Labute approximate surface area is 219 Å². The lowest BCUT2D eigenvalue weighted by atomic mass is 10.1. The molecule has 0 fully saturated rings. The van der Waals surface area contributed by atoms with Crippen LogP contribution in [-0.4, -0.2) is 45.8 Å². The highest BCUT2D eigenvalue weighted by Crippen LogP contribution is 2.30. The first-order valence-electron chi connectivity index (χ1n) is 12.3. The predicted octanol–water partition coefficient (Wildman–Crippen LogP) is 4.54. The molecule has 5 aromatic rings. The quantitative estimate of drug-likeness (QED) is 0.305. The van der Waals surface area contributed by atoms with E-state index in [0.717, 1.165) is 35.6 Å². The zero-order chi connectivity index (χ0) is 26.1. The van der Waals surface area contributed by atoms with Gasteiger partial charge in [-0.25, -0.2) is 9.97 Å². The molecule has 0 unspecified atom stereocenters. The van der Waals surface area contributed by atoms with E-state index in [1.165, 1.54) is 11.1 Å². The molecule has 1 N–H and O–H groups in total. The summed E-state index contributed by atoms with van der Waals surface area (Å²) in [5.74, 6) is 3.92. The topological polar surface area (TPSA) is 99.2 Å². The minimum absolute atomic E-state index is 0.507. The molecule has 0 saturated heterocycles. The zero-order valence-corrected chi connectivity index (χ0v) is 21.5. The summed E-state index contributed by atoms with van der Waals surface area (Å²) in [6.07, 6.45) is 3.49. The first-order chi connectivity index (χ1) is 18.6. The number of rotatable bonds is 9. The summed E-state index contributed by atoms with van der Waals surface area (Å²) >= 11 is 0. The van der Waals surface area contributed by atoms with Crippen LogP contribution in [0.2, 0.25) is 0 Å². The molecule has 4 heterocycles. The van der Waals surface area contributed by atoms with Crippen LogP contribution in [0.1, 0.15) is 22.3 Å². The van der Waals surface area contributed by atoms with Gasteiger partial charge < -0.3 is 23.9 Å². The molecular weight excluding hydrogens is 484 g/mol. The highest BCUT2D eigenvalue weighted by molar-refractivity contribution is 5.58. The van der Waals surface area contributed by atoms with Crippen LogP contribution >= 0.6 is 0 Å². The molecule has 3 aromatic heterocycles. The van der Waals surface area contributed by atoms with Gasteiger partial charge in [-0.05, 0) is 53.1 Å². The number of anilines is 1. The van der Waals surface area contributed by atoms with Gasteiger partial charge in [-0.2, -0.15) is 4.52 Å². The Kier molecular flexibility index (Phi) is 6.30. The number of aromatic nitrogens is 4. The number of methoxy groups -OCH3 is 3. The van der Waals surface area contributed by atoms with Crippen molar-refractivity contribution in [3.8, 4) is 28.8 Å². The van der Waals surface area contributed by atoms with Crippen molar-refractivity contribution in [3.05, 3.63) is 83.2 Å². The van der Waals surface area contributed by atoms with Gasteiger partial charge in [0.2, 0.25) is 11.8 Å². The minimum Gasteiger partial charge on any atom is -0.497 e. The molecule has 0 saturated carbocycles. The molecular formula is C28H28N6O4. The minimum atomic E-state index is 0.507. The maximum absolute atomic E-state index is 5.58. The van der Waals surface area contributed by atoms with Gasteiger partial charge in [-0.3, -0.25) is 4.90 Å². The Bertz CT molecular complexity index is 1580. The molecule has 38 heavy (non-hydrogen) atoms. The van der Waals surface area contributed by atoms with Crippen molar-refractivity contribution in [3.63, 3.8) is 0 Å². The fourth-order valence-corrected chi connectivity index (χ4v) is 4.75. The van der Waals surface area contributed by atoms with Crippen LogP contribution in [0.15, 0.2) is 65.4 Å². The van der Waals surface area contributed by atoms with Crippen molar-refractivity contribution in [1.29, 1.82) is 0 Å². The van der Waals surface area contributed by atoms with Gasteiger partial charge in [-0.15, -0.1) is 5.10 Å². The number of nitrogens with one attached hydrogen (secondary N) is 1. The highest BCUT2D eigenvalue weighted by Gasteiger charge is 2.23. The molecule has 10 nitrogen and oxygen atoms in total. The normalized spacial score (nSPS) is 13.0. The van der Waals surface area contributed by atoms with Crippen LogP contribution in [-0.2, 0) is 26.2 Å². The van der Waals surface area contributed by atoms with Gasteiger partial charge >= 0.3 is 0 Å². The van der Waals surface area contributed by atoms with E-state index in [-0.39, 0.29) is 0 Å². The van der Waals surface area contributed by atoms with Gasteiger partial charge in [0.25, 0.3) is 0 Å². The lowest BCUT2D eigenvalue weighted by molar-refractivity contribution is 0.275. The third kappa shape index (κ3) is 4.50. The molecule has 194 valence electrons. The third-order valence-corrected chi connectivity index (χ3v) is 6.67. The summed E-state index contributed by atoms with van der Waals surface area (Å²) in [6, 6.07) is 15.7. The zero-order valence-electron chi connectivity index (χ0n) is 21.5. The number of hydrogen-bond acceptors (Lipinski definition) is 9. The highest BCUT2D eigenvalue weighted by atomic mass is 16.5. The van der Waals surface area contributed by atoms with Gasteiger partial charge in [0.15, 0.2) is 22.9 Å². The fourth-order valence-electron chi connectivity index (χ4n) is 4.75. The summed E-state index contributed by atoms with van der Waals surface area (Å²) < 4.78 is 23.5. The molecule has 0 bridgehead atoms. The summed E-state index contributed by atoms with van der Waals surface area (Å²) in [5.41, 5.74) is 5.31. The van der Waals surface area contributed by atoms with E-state index >= 15 is 0 Å². The largest absolute Gasteiger partial charge is 0.497 e. The average molecular weight is 513 g/mol. The summed E-state index contributed by atoms with van der Waals surface area (Å²) in [4.78, 5) is 11.9. The molecule has 2 aromatic carbocycles. The van der Waals surface area contributed by atoms with Crippen LogP contribution < -0.4 is 19.5 Å².